The summed E-state index contributed by atoms with van der Waals surface area (Å²) in [5.74, 6) is 1.34. The quantitative estimate of drug-likeness (QED) is 0.143. The fourth-order valence-electron chi connectivity index (χ4n) is 7.05. The van der Waals surface area contributed by atoms with Crippen molar-refractivity contribution in [2.75, 3.05) is 0 Å². The van der Waals surface area contributed by atoms with Crippen LogP contribution in [0.4, 0.5) is 0 Å². The Morgan fingerprint density at radius 3 is 2.49 bits per heavy atom. The number of benzene rings is 3. The van der Waals surface area contributed by atoms with E-state index in [-0.39, 0.29) is 0 Å². The molecular formula is C33H35N2+. The molecule has 1 aliphatic rings. The lowest BCUT2D eigenvalue weighted by Gasteiger charge is -2.23. The smallest absolute Gasteiger partial charge is 0.224 e. The van der Waals surface area contributed by atoms with Crippen LogP contribution in [0.25, 0.3) is 49.0 Å². The van der Waals surface area contributed by atoms with Crippen molar-refractivity contribution < 1.29 is 4.57 Å². The van der Waals surface area contributed by atoms with Crippen LogP contribution in [0.3, 0.4) is 0 Å². The minimum absolute atomic E-state index is 0.650. The van der Waals surface area contributed by atoms with Gasteiger partial charge in [0.15, 0.2) is 6.20 Å². The molecule has 3 aromatic heterocycles. The van der Waals surface area contributed by atoms with Crippen molar-refractivity contribution in [3.63, 3.8) is 0 Å². The minimum Gasteiger partial charge on any atom is -0.307 e. The average molecular weight is 460 g/mol. The topological polar surface area (TPSA) is 8.29 Å². The maximum absolute atomic E-state index is 2.62. The number of rotatable bonds is 3. The monoisotopic (exact) mass is 459 g/mol. The maximum Gasteiger partial charge on any atom is 0.224 e. The summed E-state index contributed by atoms with van der Waals surface area (Å²) in [6.07, 6.45) is 10.2. The van der Waals surface area contributed by atoms with Crippen LogP contribution in [-0.2, 0) is 13.5 Å². The Balaban J connectivity index is 1.71. The molecule has 0 unspecified atom stereocenters. The van der Waals surface area contributed by atoms with Crippen LogP contribution in [0.1, 0.15) is 68.6 Å². The van der Waals surface area contributed by atoms with Gasteiger partial charge in [-0.1, -0.05) is 63.4 Å². The molecule has 0 atom stereocenters. The van der Waals surface area contributed by atoms with Gasteiger partial charge in [0.25, 0.3) is 0 Å². The zero-order valence-electron chi connectivity index (χ0n) is 21.5. The molecule has 6 aromatic rings. The Kier molecular flexibility index (Phi) is 4.65. The summed E-state index contributed by atoms with van der Waals surface area (Å²) in [4.78, 5) is 0. The summed E-state index contributed by atoms with van der Waals surface area (Å²) in [6, 6.07) is 19.3. The highest BCUT2D eigenvalue weighted by Gasteiger charge is 2.25. The van der Waals surface area contributed by atoms with E-state index in [0.717, 1.165) is 6.42 Å². The van der Waals surface area contributed by atoms with E-state index in [1.54, 1.807) is 0 Å². The number of nitrogens with zero attached hydrogens (tertiary/aromatic N) is 2. The molecule has 0 spiro atoms. The molecule has 2 nitrogen and oxygen atoms in total. The third-order valence-corrected chi connectivity index (χ3v) is 8.64. The first-order chi connectivity index (χ1) is 17.0. The van der Waals surface area contributed by atoms with Crippen molar-refractivity contribution in [2.45, 2.75) is 65.2 Å². The largest absolute Gasteiger partial charge is 0.307 e. The fraction of sp³-hybridized carbons (Fsp3) is 0.364. The lowest BCUT2D eigenvalue weighted by molar-refractivity contribution is -0.643. The summed E-state index contributed by atoms with van der Waals surface area (Å²) in [5.41, 5.74) is 9.84. The number of aromatic nitrogens is 2. The van der Waals surface area contributed by atoms with Gasteiger partial charge in [-0.25, -0.2) is 4.57 Å². The van der Waals surface area contributed by atoms with Crippen molar-refractivity contribution in [1.29, 1.82) is 0 Å². The van der Waals surface area contributed by atoms with Gasteiger partial charge in [0, 0.05) is 16.8 Å². The van der Waals surface area contributed by atoms with Gasteiger partial charge in [-0.3, -0.25) is 0 Å². The third-order valence-electron chi connectivity index (χ3n) is 8.64. The van der Waals surface area contributed by atoms with Crippen molar-refractivity contribution in [3.8, 4) is 0 Å². The molecular weight excluding hydrogens is 424 g/mol. The van der Waals surface area contributed by atoms with Crippen LogP contribution in [0, 0.1) is 12.8 Å². The van der Waals surface area contributed by atoms with Crippen molar-refractivity contribution in [1.82, 2.24) is 4.40 Å². The molecule has 0 bridgehead atoms. The Bertz CT molecular complexity index is 1740. The summed E-state index contributed by atoms with van der Waals surface area (Å²) in [6.45, 7) is 6.91. The number of fused-ring (bicyclic) bond motifs is 5. The Morgan fingerprint density at radius 1 is 0.886 bits per heavy atom. The minimum atomic E-state index is 0.650. The van der Waals surface area contributed by atoms with Gasteiger partial charge in [0.1, 0.15) is 7.05 Å². The molecule has 3 heterocycles. The van der Waals surface area contributed by atoms with Crippen LogP contribution >= 0.6 is 0 Å². The highest BCUT2D eigenvalue weighted by Crippen LogP contribution is 2.43. The highest BCUT2D eigenvalue weighted by molar-refractivity contribution is 6.25. The predicted octanol–water partition coefficient (Wildman–Crippen LogP) is 8.37. The van der Waals surface area contributed by atoms with Crippen LogP contribution in [0.2, 0.25) is 0 Å². The Labute approximate surface area is 207 Å². The summed E-state index contributed by atoms with van der Waals surface area (Å²) in [5, 5.41) is 6.95. The molecule has 7 rings (SSSR count). The highest BCUT2D eigenvalue weighted by atomic mass is 15.0. The van der Waals surface area contributed by atoms with Crippen molar-refractivity contribution in [3.05, 3.63) is 71.4 Å². The SMILES string of the molecule is Cc1ccc2c3ccc(CC(C)C)cc3n3c4cc(C5CCCCC5)cc5cc[n+](C)c(c1c23)c54. The summed E-state index contributed by atoms with van der Waals surface area (Å²) < 4.78 is 4.97. The lowest BCUT2D eigenvalue weighted by atomic mass is 9.83. The Hall–Kier alpha value is -3.13. The van der Waals surface area contributed by atoms with Gasteiger partial charge >= 0.3 is 0 Å². The van der Waals surface area contributed by atoms with Gasteiger partial charge < -0.3 is 4.40 Å². The van der Waals surface area contributed by atoms with Gasteiger partial charge in [-0.05, 0) is 72.2 Å². The lowest BCUT2D eigenvalue weighted by Crippen LogP contribution is -2.29. The molecule has 176 valence electrons. The van der Waals surface area contributed by atoms with Crippen LogP contribution in [0.5, 0.6) is 0 Å². The molecule has 0 saturated heterocycles. The van der Waals surface area contributed by atoms with E-state index in [1.807, 2.05) is 0 Å². The molecule has 2 heteroatoms. The second-order valence-corrected chi connectivity index (χ2v) is 11.6. The summed E-state index contributed by atoms with van der Waals surface area (Å²) in [7, 11) is 2.21. The molecule has 0 aliphatic heterocycles. The normalized spacial score (nSPS) is 15.7. The average Bonchev–Trinajstić information content (AvgIpc) is 3.18. The van der Waals surface area contributed by atoms with E-state index < -0.39 is 0 Å². The number of pyridine rings is 2. The van der Waals surface area contributed by atoms with Crippen molar-refractivity contribution in [2.24, 2.45) is 13.0 Å². The van der Waals surface area contributed by atoms with Gasteiger partial charge in [0.05, 0.1) is 27.3 Å². The second-order valence-electron chi connectivity index (χ2n) is 11.6. The molecule has 0 N–H and O–H groups in total. The maximum atomic E-state index is 2.62. The number of hydrogen-bond donors (Lipinski definition) is 0. The summed E-state index contributed by atoms with van der Waals surface area (Å²) >= 11 is 0. The zero-order valence-corrected chi connectivity index (χ0v) is 21.5. The van der Waals surface area contributed by atoms with Gasteiger partial charge in [0.2, 0.25) is 5.52 Å². The Morgan fingerprint density at radius 2 is 1.69 bits per heavy atom. The third kappa shape index (κ3) is 3.05. The van der Waals surface area contributed by atoms with E-state index in [9.17, 15) is 0 Å². The van der Waals surface area contributed by atoms with Gasteiger partial charge in [-0.15, -0.1) is 0 Å². The molecule has 0 radical (unpaired) electrons. The number of hydrogen-bond acceptors (Lipinski definition) is 0. The standard InChI is InChI=1S/C33H35N2/c1-20(2)16-22-11-13-26-27-12-10-21(3)30-32(27)35(28(26)17-22)29-19-25(23-8-6-5-7-9-23)18-24-14-15-34(4)33(30)31(24)29/h10-15,17-20,23H,5-9,16H2,1-4H3/q+1. The van der Waals surface area contributed by atoms with E-state index in [1.165, 1.54) is 97.8 Å². The molecule has 0 amide bonds. The van der Waals surface area contributed by atoms with Gasteiger partial charge in [-0.2, -0.15) is 0 Å². The van der Waals surface area contributed by atoms with Crippen LogP contribution in [0.15, 0.2) is 54.7 Å². The second kappa shape index (κ2) is 7.68. The molecule has 1 aliphatic carbocycles. The van der Waals surface area contributed by atoms with Crippen LogP contribution in [-0.4, -0.2) is 4.40 Å². The molecule has 35 heavy (non-hydrogen) atoms. The first-order valence-corrected chi connectivity index (χ1v) is 13.5. The first-order valence-electron chi connectivity index (χ1n) is 13.5. The predicted molar refractivity (Wildman–Crippen MR) is 149 cm³/mol. The van der Waals surface area contributed by atoms with Crippen molar-refractivity contribution >= 4 is 49.0 Å². The van der Waals surface area contributed by atoms with E-state index in [2.05, 4.69) is 91.5 Å². The first kappa shape index (κ1) is 21.2. The molecule has 3 aromatic carbocycles. The zero-order chi connectivity index (χ0) is 23.8. The van der Waals surface area contributed by atoms with E-state index >= 15 is 0 Å². The van der Waals surface area contributed by atoms with E-state index in [0.29, 0.717) is 11.8 Å². The fourth-order valence-corrected chi connectivity index (χ4v) is 7.05. The van der Waals surface area contributed by atoms with E-state index in [4.69, 9.17) is 0 Å². The molecule has 1 saturated carbocycles. The molecule has 1 fully saturated rings. The van der Waals surface area contributed by atoms with Crippen LogP contribution < -0.4 is 4.57 Å². The number of aryl methyl sites for hydroxylation is 2.